The van der Waals surface area contributed by atoms with Crippen LogP contribution in [0.1, 0.15) is 19.3 Å². The van der Waals surface area contributed by atoms with Gasteiger partial charge in [-0.2, -0.15) is 0 Å². The highest BCUT2D eigenvalue weighted by atomic mass is 16.4. The molecule has 16 heavy (non-hydrogen) atoms. The van der Waals surface area contributed by atoms with Gasteiger partial charge in [-0.25, -0.2) is 4.79 Å². The van der Waals surface area contributed by atoms with Crippen molar-refractivity contribution in [1.29, 1.82) is 0 Å². The lowest BCUT2D eigenvalue weighted by atomic mass is 9.99. The topological polar surface area (TPSA) is 69.6 Å². The molecule has 1 aliphatic heterocycles. The smallest absolute Gasteiger partial charge is 0.317 e. The van der Waals surface area contributed by atoms with Crippen LogP contribution in [0.5, 0.6) is 0 Å². The highest BCUT2D eigenvalue weighted by Gasteiger charge is 2.27. The number of carboxylic acids is 1. The number of terminal acetylenes is 1. The minimum Gasteiger partial charge on any atom is -0.481 e. The van der Waals surface area contributed by atoms with Crippen molar-refractivity contribution in [2.24, 2.45) is 5.92 Å². The average Bonchev–Trinajstić information content (AvgIpc) is 2.29. The Kier molecular flexibility index (Phi) is 4.65. The maximum atomic E-state index is 11.6. The molecule has 0 saturated carbocycles. The van der Waals surface area contributed by atoms with Crippen LogP contribution in [0.4, 0.5) is 4.79 Å². The summed E-state index contributed by atoms with van der Waals surface area (Å²) in [5.41, 5.74) is 0. The van der Waals surface area contributed by atoms with Gasteiger partial charge in [0.1, 0.15) is 0 Å². The normalized spacial score (nSPS) is 19.9. The fourth-order valence-corrected chi connectivity index (χ4v) is 1.72. The molecule has 1 atom stereocenters. The standard InChI is InChI=1S/C11H16N2O3/c1-2-3-6-12-11(16)13-7-4-5-9(8-13)10(14)15/h1,9H,3-8H2,(H,12,16)(H,14,15)/t9-/m0/s1. The van der Waals surface area contributed by atoms with E-state index in [0.717, 1.165) is 6.42 Å². The van der Waals surface area contributed by atoms with E-state index in [1.54, 1.807) is 4.90 Å². The third-order valence-electron chi connectivity index (χ3n) is 2.60. The zero-order valence-electron chi connectivity index (χ0n) is 9.11. The number of likely N-dealkylation sites (tertiary alicyclic amines) is 1. The molecule has 2 amide bonds. The number of nitrogens with zero attached hydrogens (tertiary/aromatic N) is 1. The van der Waals surface area contributed by atoms with Crippen molar-refractivity contribution in [1.82, 2.24) is 10.2 Å². The van der Waals surface area contributed by atoms with E-state index in [0.29, 0.717) is 25.9 Å². The molecule has 1 fully saturated rings. The summed E-state index contributed by atoms with van der Waals surface area (Å²) in [7, 11) is 0. The van der Waals surface area contributed by atoms with E-state index in [1.165, 1.54) is 0 Å². The highest BCUT2D eigenvalue weighted by Crippen LogP contribution is 2.16. The molecule has 0 radical (unpaired) electrons. The molecule has 0 aromatic carbocycles. The van der Waals surface area contributed by atoms with Crippen LogP contribution in [0, 0.1) is 18.3 Å². The Balaban J connectivity index is 2.38. The van der Waals surface area contributed by atoms with Crippen LogP contribution >= 0.6 is 0 Å². The lowest BCUT2D eigenvalue weighted by Gasteiger charge is -2.30. The number of nitrogens with one attached hydrogen (secondary N) is 1. The number of carbonyl (C=O) groups is 2. The van der Waals surface area contributed by atoms with E-state index in [1.807, 2.05) is 0 Å². The Morgan fingerprint density at radius 3 is 2.94 bits per heavy atom. The van der Waals surface area contributed by atoms with Crippen molar-refractivity contribution in [2.45, 2.75) is 19.3 Å². The number of urea groups is 1. The zero-order valence-corrected chi connectivity index (χ0v) is 9.11. The van der Waals surface area contributed by atoms with Crippen LogP contribution in [0.3, 0.4) is 0 Å². The Bertz CT molecular complexity index is 309. The Labute approximate surface area is 94.8 Å². The lowest BCUT2D eigenvalue weighted by Crippen LogP contribution is -2.47. The van der Waals surface area contributed by atoms with Crippen LogP contribution < -0.4 is 5.32 Å². The predicted octanol–water partition coefficient (Wildman–Crippen LogP) is 0.516. The fraction of sp³-hybridized carbons (Fsp3) is 0.636. The Morgan fingerprint density at radius 1 is 1.56 bits per heavy atom. The molecule has 2 N–H and O–H groups in total. The van der Waals surface area contributed by atoms with Crippen molar-refractivity contribution in [2.75, 3.05) is 19.6 Å². The number of aliphatic carboxylic acids is 1. The van der Waals surface area contributed by atoms with Crippen molar-refractivity contribution >= 4 is 12.0 Å². The van der Waals surface area contributed by atoms with E-state index in [9.17, 15) is 9.59 Å². The second-order valence-corrected chi connectivity index (χ2v) is 3.81. The zero-order chi connectivity index (χ0) is 12.0. The maximum absolute atomic E-state index is 11.6. The number of hydrogen-bond acceptors (Lipinski definition) is 2. The molecule has 0 aromatic heterocycles. The molecule has 1 heterocycles. The Hall–Kier alpha value is -1.70. The van der Waals surface area contributed by atoms with Gasteiger partial charge in [-0.05, 0) is 12.8 Å². The molecule has 1 rings (SSSR count). The van der Waals surface area contributed by atoms with Gasteiger partial charge in [0.05, 0.1) is 5.92 Å². The van der Waals surface area contributed by atoms with Gasteiger partial charge in [0, 0.05) is 26.1 Å². The molecular formula is C11H16N2O3. The minimum atomic E-state index is -0.832. The van der Waals surface area contributed by atoms with Crippen LogP contribution in [0.2, 0.25) is 0 Å². The maximum Gasteiger partial charge on any atom is 0.317 e. The molecule has 0 aromatic rings. The van der Waals surface area contributed by atoms with Gasteiger partial charge in [-0.15, -0.1) is 12.3 Å². The second-order valence-electron chi connectivity index (χ2n) is 3.81. The number of carboxylic acid groups (broad SMARTS) is 1. The van der Waals surface area contributed by atoms with Gasteiger partial charge < -0.3 is 15.3 Å². The number of hydrogen-bond donors (Lipinski definition) is 2. The van der Waals surface area contributed by atoms with E-state index in [-0.39, 0.29) is 12.6 Å². The van der Waals surface area contributed by atoms with Crippen LogP contribution in [-0.4, -0.2) is 41.6 Å². The molecule has 1 saturated heterocycles. The van der Waals surface area contributed by atoms with E-state index in [2.05, 4.69) is 11.2 Å². The number of amides is 2. The van der Waals surface area contributed by atoms with Crippen molar-refractivity contribution < 1.29 is 14.7 Å². The summed E-state index contributed by atoms with van der Waals surface area (Å²) in [5, 5.41) is 11.5. The van der Waals surface area contributed by atoms with Crippen LogP contribution in [0.15, 0.2) is 0 Å². The molecule has 1 aliphatic rings. The van der Waals surface area contributed by atoms with Gasteiger partial charge in [-0.1, -0.05) is 0 Å². The minimum absolute atomic E-state index is 0.221. The first kappa shape index (κ1) is 12.4. The molecule has 0 unspecified atom stereocenters. The second kappa shape index (κ2) is 6.01. The first-order valence-corrected chi connectivity index (χ1v) is 5.34. The summed E-state index contributed by atoms with van der Waals surface area (Å²) in [4.78, 5) is 23.9. The van der Waals surface area contributed by atoms with Gasteiger partial charge in [0.25, 0.3) is 0 Å². The third kappa shape index (κ3) is 3.46. The number of rotatable bonds is 3. The van der Waals surface area contributed by atoms with E-state index >= 15 is 0 Å². The van der Waals surface area contributed by atoms with E-state index < -0.39 is 11.9 Å². The molecule has 5 heteroatoms. The SMILES string of the molecule is C#CCCNC(=O)N1CCC[C@H](C(=O)O)C1. The monoisotopic (exact) mass is 224 g/mol. The predicted molar refractivity (Wildman–Crippen MR) is 58.8 cm³/mol. The highest BCUT2D eigenvalue weighted by molar-refractivity contribution is 5.76. The number of carbonyl (C=O) groups excluding carboxylic acids is 1. The molecule has 88 valence electrons. The van der Waals surface area contributed by atoms with Crippen LogP contribution in [0.25, 0.3) is 0 Å². The Morgan fingerprint density at radius 2 is 2.31 bits per heavy atom. The van der Waals surface area contributed by atoms with Crippen LogP contribution in [-0.2, 0) is 4.79 Å². The van der Waals surface area contributed by atoms with Gasteiger partial charge in [0.15, 0.2) is 0 Å². The third-order valence-corrected chi connectivity index (χ3v) is 2.60. The first-order valence-electron chi connectivity index (χ1n) is 5.34. The van der Waals surface area contributed by atoms with Gasteiger partial charge in [-0.3, -0.25) is 4.79 Å². The largest absolute Gasteiger partial charge is 0.481 e. The molecular weight excluding hydrogens is 208 g/mol. The summed E-state index contributed by atoms with van der Waals surface area (Å²) in [5.74, 6) is 1.16. The van der Waals surface area contributed by atoms with Crippen molar-refractivity contribution in [3.63, 3.8) is 0 Å². The molecule has 5 nitrogen and oxygen atoms in total. The van der Waals surface area contributed by atoms with E-state index in [4.69, 9.17) is 11.5 Å². The summed E-state index contributed by atoms with van der Waals surface area (Å²) in [6.45, 7) is 1.34. The molecule has 0 bridgehead atoms. The van der Waals surface area contributed by atoms with Gasteiger partial charge >= 0.3 is 12.0 Å². The fourth-order valence-electron chi connectivity index (χ4n) is 1.72. The summed E-state index contributed by atoms with van der Waals surface area (Å²) < 4.78 is 0. The lowest BCUT2D eigenvalue weighted by molar-refractivity contribution is -0.143. The average molecular weight is 224 g/mol. The van der Waals surface area contributed by atoms with Gasteiger partial charge in [0.2, 0.25) is 0 Å². The van der Waals surface area contributed by atoms with Crippen molar-refractivity contribution in [3.05, 3.63) is 0 Å². The van der Waals surface area contributed by atoms with Crippen molar-refractivity contribution in [3.8, 4) is 12.3 Å². The summed E-state index contributed by atoms with van der Waals surface area (Å²) in [6, 6.07) is -0.221. The molecule has 0 spiro atoms. The summed E-state index contributed by atoms with van der Waals surface area (Å²) in [6.07, 6.45) is 6.93. The molecule has 0 aliphatic carbocycles. The first-order chi connectivity index (χ1) is 7.65. The number of piperidine rings is 1. The quantitative estimate of drug-likeness (QED) is 0.542. The summed E-state index contributed by atoms with van der Waals surface area (Å²) >= 11 is 0.